The highest BCUT2D eigenvalue weighted by atomic mass is 19.1. The first kappa shape index (κ1) is 14.3. The molecule has 0 bridgehead atoms. The zero-order valence-electron chi connectivity index (χ0n) is 11.6. The molecule has 1 aromatic carbocycles. The number of anilines is 1. The van der Waals surface area contributed by atoms with Gasteiger partial charge in [-0.3, -0.25) is 4.79 Å². The van der Waals surface area contributed by atoms with Crippen LogP contribution in [0, 0.1) is 12.7 Å². The summed E-state index contributed by atoms with van der Waals surface area (Å²) in [6.07, 6.45) is 1.61. The molecule has 1 heterocycles. The van der Waals surface area contributed by atoms with Crippen LogP contribution in [0.5, 0.6) is 0 Å². The molecule has 1 amide bonds. The molecule has 106 valence electrons. The summed E-state index contributed by atoms with van der Waals surface area (Å²) in [5.74, 6) is 0.355. The van der Waals surface area contributed by atoms with Crippen LogP contribution in [0.15, 0.2) is 41.0 Å². The van der Waals surface area contributed by atoms with Crippen molar-refractivity contribution in [3.63, 3.8) is 0 Å². The van der Waals surface area contributed by atoms with Gasteiger partial charge in [0.1, 0.15) is 12.4 Å². The summed E-state index contributed by atoms with van der Waals surface area (Å²) >= 11 is 0. The Labute approximate surface area is 117 Å². The number of likely N-dealkylation sites (N-methyl/N-ethyl adjacent to an activating group) is 1. The predicted octanol–water partition coefficient (Wildman–Crippen LogP) is 1.38. The van der Waals surface area contributed by atoms with Gasteiger partial charge in [-0.15, -0.1) is 0 Å². The monoisotopic (exact) mass is 277 g/mol. The first-order valence-corrected chi connectivity index (χ1v) is 6.44. The maximum atomic E-state index is 13.4. The third-order valence-electron chi connectivity index (χ3n) is 2.97. The maximum Gasteiger partial charge on any atom is 0.279 e. The van der Waals surface area contributed by atoms with Gasteiger partial charge in [-0.1, -0.05) is 6.07 Å². The van der Waals surface area contributed by atoms with Gasteiger partial charge in [-0.05, 0) is 36.8 Å². The van der Waals surface area contributed by atoms with Gasteiger partial charge < -0.3 is 14.6 Å². The third-order valence-corrected chi connectivity index (χ3v) is 2.97. The molecule has 0 radical (unpaired) electrons. The summed E-state index contributed by atoms with van der Waals surface area (Å²) in [6.45, 7) is 2.60. The molecular formula is C15H18FN2O2+. The summed E-state index contributed by atoms with van der Waals surface area (Å²) in [7, 11) is 1.90. The van der Waals surface area contributed by atoms with Crippen molar-refractivity contribution in [1.82, 2.24) is 0 Å². The van der Waals surface area contributed by atoms with Gasteiger partial charge in [-0.2, -0.15) is 0 Å². The summed E-state index contributed by atoms with van der Waals surface area (Å²) in [4.78, 5) is 12.9. The number of quaternary nitrogens is 1. The van der Waals surface area contributed by atoms with E-state index < -0.39 is 0 Å². The van der Waals surface area contributed by atoms with Gasteiger partial charge in [0.25, 0.3) is 5.91 Å². The van der Waals surface area contributed by atoms with Crippen molar-refractivity contribution in [2.45, 2.75) is 13.5 Å². The smallest absolute Gasteiger partial charge is 0.279 e. The Morgan fingerprint density at radius 1 is 1.40 bits per heavy atom. The van der Waals surface area contributed by atoms with Crippen LogP contribution >= 0.6 is 0 Å². The van der Waals surface area contributed by atoms with Crippen molar-refractivity contribution < 1.29 is 18.5 Å². The van der Waals surface area contributed by atoms with E-state index in [9.17, 15) is 9.18 Å². The molecular weight excluding hydrogens is 259 g/mol. The van der Waals surface area contributed by atoms with E-state index in [1.54, 1.807) is 25.3 Å². The second-order valence-electron chi connectivity index (χ2n) is 4.90. The predicted molar refractivity (Wildman–Crippen MR) is 73.9 cm³/mol. The molecule has 0 saturated carbocycles. The number of hydrogen-bond donors (Lipinski definition) is 2. The molecule has 0 aliphatic rings. The second kappa shape index (κ2) is 6.34. The minimum Gasteiger partial charge on any atom is -0.463 e. The van der Waals surface area contributed by atoms with Crippen LogP contribution in [0.2, 0.25) is 0 Å². The zero-order valence-corrected chi connectivity index (χ0v) is 11.6. The number of nitrogens with one attached hydrogen (secondary N) is 2. The van der Waals surface area contributed by atoms with E-state index in [1.807, 2.05) is 19.2 Å². The molecule has 1 atom stereocenters. The summed E-state index contributed by atoms with van der Waals surface area (Å²) in [5, 5.41) is 2.69. The summed E-state index contributed by atoms with van der Waals surface area (Å²) in [5.41, 5.74) is 1.03. The van der Waals surface area contributed by atoms with Crippen LogP contribution < -0.4 is 10.2 Å². The van der Waals surface area contributed by atoms with Crippen molar-refractivity contribution >= 4 is 11.6 Å². The molecule has 5 heteroatoms. The number of benzene rings is 1. The van der Waals surface area contributed by atoms with Crippen LogP contribution in [0.4, 0.5) is 10.1 Å². The van der Waals surface area contributed by atoms with Crippen LogP contribution in [0.1, 0.15) is 11.3 Å². The van der Waals surface area contributed by atoms with Crippen molar-refractivity contribution in [3.05, 3.63) is 53.7 Å². The number of aryl methyl sites for hydroxylation is 1. The molecule has 0 spiro atoms. The average molecular weight is 277 g/mol. The van der Waals surface area contributed by atoms with E-state index in [1.165, 1.54) is 6.07 Å². The second-order valence-corrected chi connectivity index (χ2v) is 4.90. The van der Waals surface area contributed by atoms with Gasteiger partial charge in [0.15, 0.2) is 12.3 Å². The third kappa shape index (κ3) is 3.93. The molecule has 2 N–H and O–H groups in total. The SMILES string of the molecule is Cc1ccc(NC(=O)C[NH+](C)Cc2ccco2)cc1F. The van der Waals surface area contributed by atoms with Crippen molar-refractivity contribution in [2.24, 2.45) is 0 Å². The Bertz CT molecular complexity index is 582. The van der Waals surface area contributed by atoms with E-state index in [4.69, 9.17) is 4.42 Å². The normalized spacial score (nSPS) is 12.2. The molecule has 1 aromatic heterocycles. The van der Waals surface area contributed by atoms with Crippen LogP contribution in [0.3, 0.4) is 0 Å². The van der Waals surface area contributed by atoms with Crippen LogP contribution in [0.25, 0.3) is 0 Å². The highest BCUT2D eigenvalue weighted by Gasteiger charge is 2.12. The fourth-order valence-corrected chi connectivity index (χ4v) is 1.92. The first-order valence-electron chi connectivity index (χ1n) is 6.44. The fourth-order valence-electron chi connectivity index (χ4n) is 1.92. The van der Waals surface area contributed by atoms with Crippen LogP contribution in [-0.4, -0.2) is 19.5 Å². The number of amides is 1. The lowest BCUT2D eigenvalue weighted by Gasteiger charge is -2.12. The Morgan fingerprint density at radius 2 is 2.20 bits per heavy atom. The maximum absolute atomic E-state index is 13.4. The lowest BCUT2D eigenvalue weighted by Crippen LogP contribution is -3.08. The molecule has 20 heavy (non-hydrogen) atoms. The van der Waals surface area contributed by atoms with Crippen LogP contribution in [-0.2, 0) is 11.3 Å². The summed E-state index contributed by atoms with van der Waals surface area (Å²) < 4.78 is 18.6. The number of hydrogen-bond acceptors (Lipinski definition) is 2. The lowest BCUT2D eigenvalue weighted by atomic mass is 10.2. The minimum atomic E-state index is -0.320. The van der Waals surface area contributed by atoms with Crippen molar-refractivity contribution in [2.75, 3.05) is 18.9 Å². The Kier molecular flexibility index (Phi) is 4.53. The number of carbonyl (C=O) groups is 1. The van der Waals surface area contributed by atoms with E-state index in [0.29, 0.717) is 17.8 Å². The van der Waals surface area contributed by atoms with E-state index in [-0.39, 0.29) is 18.3 Å². The molecule has 2 rings (SSSR count). The zero-order chi connectivity index (χ0) is 14.5. The average Bonchev–Trinajstić information content (AvgIpc) is 2.86. The number of halogens is 1. The van der Waals surface area contributed by atoms with Gasteiger partial charge in [0, 0.05) is 5.69 Å². The molecule has 0 aliphatic carbocycles. The van der Waals surface area contributed by atoms with Crippen molar-refractivity contribution in [3.8, 4) is 0 Å². The van der Waals surface area contributed by atoms with E-state index >= 15 is 0 Å². The quantitative estimate of drug-likeness (QED) is 0.867. The molecule has 0 aliphatic heterocycles. The number of furan rings is 1. The molecule has 2 aromatic rings. The highest BCUT2D eigenvalue weighted by molar-refractivity contribution is 5.91. The minimum absolute atomic E-state index is 0.155. The van der Waals surface area contributed by atoms with Crippen molar-refractivity contribution in [1.29, 1.82) is 0 Å². The molecule has 1 unspecified atom stereocenters. The first-order chi connectivity index (χ1) is 9.54. The Balaban J connectivity index is 1.87. The van der Waals surface area contributed by atoms with E-state index in [0.717, 1.165) is 10.7 Å². The Morgan fingerprint density at radius 3 is 2.85 bits per heavy atom. The fraction of sp³-hybridized carbons (Fsp3) is 0.267. The largest absolute Gasteiger partial charge is 0.463 e. The van der Waals surface area contributed by atoms with E-state index in [2.05, 4.69) is 5.32 Å². The topological polar surface area (TPSA) is 46.7 Å². The number of rotatable bonds is 5. The highest BCUT2D eigenvalue weighted by Crippen LogP contribution is 2.13. The van der Waals surface area contributed by atoms with Gasteiger partial charge >= 0.3 is 0 Å². The summed E-state index contributed by atoms with van der Waals surface area (Å²) in [6, 6.07) is 8.35. The van der Waals surface area contributed by atoms with Gasteiger partial charge in [0.2, 0.25) is 0 Å². The molecule has 0 fully saturated rings. The van der Waals surface area contributed by atoms with Gasteiger partial charge in [-0.25, -0.2) is 4.39 Å². The van der Waals surface area contributed by atoms with Gasteiger partial charge in [0.05, 0.1) is 13.3 Å². The molecule has 0 saturated heterocycles. The number of carbonyl (C=O) groups excluding carboxylic acids is 1. The lowest BCUT2D eigenvalue weighted by molar-refractivity contribution is -0.886. The standard InChI is InChI=1S/C15H17FN2O2/c1-11-5-6-12(8-14(11)16)17-15(19)10-18(2)9-13-4-3-7-20-13/h3-8H,9-10H2,1-2H3,(H,17,19)/p+1. The Hall–Kier alpha value is -2.14. The molecule has 4 nitrogen and oxygen atoms in total.